The van der Waals surface area contributed by atoms with Gasteiger partial charge in [0.1, 0.15) is 0 Å². The number of fused-ring (bicyclic) bond motifs is 5. The summed E-state index contributed by atoms with van der Waals surface area (Å²) in [6, 6.07) is 31.1. The van der Waals surface area contributed by atoms with Crippen LogP contribution in [0.1, 0.15) is 38.9 Å². The smallest absolute Gasteiger partial charge is 0.164 e. The number of rotatable bonds is 3. The van der Waals surface area contributed by atoms with Gasteiger partial charge in [-0.3, -0.25) is 0 Å². The van der Waals surface area contributed by atoms with Crippen LogP contribution >= 0.6 is 0 Å². The van der Waals surface area contributed by atoms with Gasteiger partial charge in [0, 0.05) is 21.9 Å². The molecule has 5 nitrogen and oxygen atoms in total. The van der Waals surface area contributed by atoms with Crippen LogP contribution in [-0.2, 0) is 0 Å². The Bertz CT molecular complexity index is 1970. The molecule has 8 rings (SSSR count). The molecule has 1 aliphatic heterocycles. The van der Waals surface area contributed by atoms with E-state index in [-0.39, 0.29) is 0 Å². The third-order valence-corrected chi connectivity index (χ3v) is 7.54. The maximum absolute atomic E-state index is 6.51. The molecule has 6 aromatic rings. The number of para-hydroxylation sites is 2. The van der Waals surface area contributed by atoms with E-state index in [1.165, 1.54) is 16.3 Å². The van der Waals surface area contributed by atoms with E-state index in [0.29, 0.717) is 11.6 Å². The Morgan fingerprint density at radius 2 is 1.44 bits per heavy atom. The Labute approximate surface area is 239 Å². The third-order valence-electron chi connectivity index (χ3n) is 7.54. The van der Waals surface area contributed by atoms with Gasteiger partial charge in [0.05, 0.1) is 16.7 Å². The summed E-state index contributed by atoms with van der Waals surface area (Å²) in [5, 5.41) is 2.41. The molecule has 0 spiro atoms. The molecule has 0 bridgehead atoms. The Morgan fingerprint density at radius 1 is 0.683 bits per heavy atom. The van der Waals surface area contributed by atoms with Crippen LogP contribution in [0, 0.1) is 0 Å². The summed E-state index contributed by atoms with van der Waals surface area (Å²) in [7, 11) is 0. The van der Waals surface area contributed by atoms with Gasteiger partial charge in [0.15, 0.2) is 29.0 Å². The van der Waals surface area contributed by atoms with Crippen LogP contribution in [0.5, 0.6) is 11.5 Å². The first-order valence-corrected chi connectivity index (χ1v) is 14.4. The van der Waals surface area contributed by atoms with Crippen LogP contribution < -0.4 is 4.74 Å². The molecule has 200 valence electrons. The highest BCUT2D eigenvalue weighted by molar-refractivity contribution is 6.12. The molecule has 0 radical (unpaired) electrons. The Kier molecular flexibility index (Phi) is 6.40. The second kappa shape index (κ2) is 10.5. The SMILES string of the molecule is C1=CCCCC(c2nc(-c3ccccc3)nc(-c3ccc4c(c3)Oc3cccc5c6ccccc6n-4c35)n2)=C1.CC. The van der Waals surface area contributed by atoms with Crippen molar-refractivity contribution >= 4 is 27.4 Å². The fourth-order valence-corrected chi connectivity index (χ4v) is 5.68. The molecule has 41 heavy (non-hydrogen) atoms. The number of benzene rings is 4. The molecule has 0 atom stereocenters. The van der Waals surface area contributed by atoms with E-state index < -0.39 is 0 Å². The maximum Gasteiger partial charge on any atom is 0.164 e. The van der Waals surface area contributed by atoms with Gasteiger partial charge in [-0.2, -0.15) is 0 Å². The van der Waals surface area contributed by atoms with Gasteiger partial charge in [-0.15, -0.1) is 0 Å². The summed E-state index contributed by atoms with van der Waals surface area (Å²) in [4.78, 5) is 14.8. The summed E-state index contributed by atoms with van der Waals surface area (Å²) in [6.45, 7) is 4.00. The van der Waals surface area contributed by atoms with Crippen molar-refractivity contribution in [3.63, 3.8) is 0 Å². The lowest BCUT2D eigenvalue weighted by Crippen LogP contribution is -2.06. The molecule has 2 aliphatic rings. The highest BCUT2D eigenvalue weighted by atomic mass is 16.5. The molecule has 0 N–H and O–H groups in total. The first kappa shape index (κ1) is 25.0. The van der Waals surface area contributed by atoms with Gasteiger partial charge in [0.2, 0.25) is 0 Å². The molecule has 0 amide bonds. The highest BCUT2D eigenvalue weighted by Crippen LogP contribution is 2.46. The Morgan fingerprint density at radius 3 is 2.32 bits per heavy atom. The quantitative estimate of drug-likeness (QED) is 0.226. The summed E-state index contributed by atoms with van der Waals surface area (Å²) in [6.07, 6.45) is 9.53. The van der Waals surface area contributed by atoms with Gasteiger partial charge in [-0.25, -0.2) is 15.0 Å². The summed E-state index contributed by atoms with van der Waals surface area (Å²) < 4.78 is 8.81. The minimum Gasteiger partial charge on any atom is -0.453 e. The zero-order valence-electron chi connectivity index (χ0n) is 23.2. The molecule has 0 fully saturated rings. The van der Waals surface area contributed by atoms with Crippen molar-refractivity contribution in [1.82, 2.24) is 19.5 Å². The van der Waals surface area contributed by atoms with Crippen molar-refractivity contribution in [3.05, 3.63) is 115 Å². The number of hydrogen-bond donors (Lipinski definition) is 0. The van der Waals surface area contributed by atoms with Crippen molar-refractivity contribution in [2.45, 2.75) is 33.1 Å². The Hall–Kier alpha value is -5.03. The molecule has 1 aliphatic carbocycles. The van der Waals surface area contributed by atoms with Crippen LogP contribution in [-0.4, -0.2) is 19.5 Å². The van der Waals surface area contributed by atoms with Gasteiger partial charge < -0.3 is 9.30 Å². The number of ether oxygens (including phenoxy) is 1. The van der Waals surface area contributed by atoms with E-state index in [1.54, 1.807) is 0 Å². The first-order chi connectivity index (χ1) is 20.3. The maximum atomic E-state index is 6.51. The second-order valence-electron chi connectivity index (χ2n) is 9.97. The summed E-state index contributed by atoms with van der Waals surface area (Å²) >= 11 is 0. The zero-order chi connectivity index (χ0) is 27.8. The summed E-state index contributed by atoms with van der Waals surface area (Å²) in [5.41, 5.74) is 6.27. The van der Waals surface area contributed by atoms with Gasteiger partial charge in [-0.1, -0.05) is 92.7 Å². The van der Waals surface area contributed by atoms with Crippen LogP contribution in [0.25, 0.3) is 55.8 Å². The van der Waals surface area contributed by atoms with E-state index in [0.717, 1.165) is 64.5 Å². The molecule has 0 saturated carbocycles. The average Bonchev–Trinajstić information content (AvgIpc) is 3.18. The van der Waals surface area contributed by atoms with Crippen molar-refractivity contribution in [2.75, 3.05) is 0 Å². The van der Waals surface area contributed by atoms with Crippen molar-refractivity contribution in [2.24, 2.45) is 0 Å². The normalized spacial score (nSPS) is 13.6. The van der Waals surface area contributed by atoms with Crippen molar-refractivity contribution in [3.8, 4) is 40.0 Å². The first-order valence-electron chi connectivity index (χ1n) is 14.4. The van der Waals surface area contributed by atoms with Crippen LogP contribution in [0.15, 0.2) is 109 Å². The predicted molar refractivity (Wildman–Crippen MR) is 167 cm³/mol. The number of allylic oxidation sites excluding steroid dienone is 4. The van der Waals surface area contributed by atoms with Crippen LogP contribution in [0.2, 0.25) is 0 Å². The lowest BCUT2D eigenvalue weighted by molar-refractivity contribution is 0.476. The van der Waals surface area contributed by atoms with E-state index >= 15 is 0 Å². The number of hydrogen-bond acceptors (Lipinski definition) is 4. The predicted octanol–water partition coefficient (Wildman–Crippen LogP) is 9.56. The molecule has 0 unspecified atom stereocenters. The van der Waals surface area contributed by atoms with E-state index in [2.05, 4.69) is 77.4 Å². The minimum atomic E-state index is 0.640. The molecular formula is C36H30N4O. The van der Waals surface area contributed by atoms with Crippen LogP contribution in [0.4, 0.5) is 0 Å². The topological polar surface area (TPSA) is 52.8 Å². The summed E-state index contributed by atoms with van der Waals surface area (Å²) in [5.74, 6) is 3.68. The fourth-order valence-electron chi connectivity index (χ4n) is 5.68. The lowest BCUT2D eigenvalue weighted by atomic mass is 10.1. The standard InChI is InChI=1S/C34H24N4O.C2H6/c1-2-5-12-22(11-4-1)32-35-33(23-13-6-3-7-14-23)37-34(36-32)24-19-20-28-30(21-24)39-29-18-10-16-26-25-15-8-9-17-27(25)38(28)31(26)29;1-2/h1,3-4,6-11,13-21H,2,5,12H2;1-2H3. The van der Waals surface area contributed by atoms with E-state index in [4.69, 9.17) is 19.7 Å². The third kappa shape index (κ3) is 4.30. The molecule has 4 aromatic carbocycles. The van der Waals surface area contributed by atoms with Crippen molar-refractivity contribution in [1.29, 1.82) is 0 Å². The molecule has 2 aromatic heterocycles. The number of aromatic nitrogens is 4. The molecule has 5 heteroatoms. The lowest BCUT2D eigenvalue weighted by Gasteiger charge is -2.21. The van der Waals surface area contributed by atoms with Gasteiger partial charge in [-0.05, 0) is 55.2 Å². The zero-order valence-corrected chi connectivity index (χ0v) is 23.2. The minimum absolute atomic E-state index is 0.640. The van der Waals surface area contributed by atoms with E-state index in [9.17, 15) is 0 Å². The average molecular weight is 535 g/mol. The van der Waals surface area contributed by atoms with Gasteiger partial charge >= 0.3 is 0 Å². The van der Waals surface area contributed by atoms with Crippen LogP contribution in [0.3, 0.4) is 0 Å². The van der Waals surface area contributed by atoms with Crippen molar-refractivity contribution < 1.29 is 4.74 Å². The largest absolute Gasteiger partial charge is 0.453 e. The number of nitrogens with zero attached hydrogens (tertiary/aromatic N) is 4. The monoisotopic (exact) mass is 534 g/mol. The molecular weight excluding hydrogens is 504 g/mol. The highest BCUT2D eigenvalue weighted by Gasteiger charge is 2.24. The van der Waals surface area contributed by atoms with Gasteiger partial charge in [0.25, 0.3) is 0 Å². The van der Waals surface area contributed by atoms with E-state index in [1.807, 2.05) is 50.2 Å². The Balaban J connectivity index is 0.00000135. The molecule has 0 saturated heterocycles. The molecule has 3 heterocycles. The second-order valence-corrected chi connectivity index (χ2v) is 9.97. The fraction of sp³-hybridized carbons (Fsp3) is 0.139.